The molecule has 1 aliphatic rings. The third kappa shape index (κ3) is 3.65. The number of nitrogens with zero attached hydrogens (tertiary/aromatic N) is 2. The fraction of sp³-hybridized carbons (Fsp3) is 0.444. The fourth-order valence-corrected chi connectivity index (χ4v) is 3.94. The molecule has 24 heavy (non-hydrogen) atoms. The average molecular weight is 348 g/mol. The number of aliphatic hydroxyl groups excluding tert-OH is 1. The third-order valence-electron chi connectivity index (χ3n) is 4.44. The van der Waals surface area contributed by atoms with Crippen LogP contribution < -0.4 is 0 Å². The van der Waals surface area contributed by atoms with E-state index in [9.17, 15) is 14.3 Å². The molecule has 1 fully saturated rings. The second-order valence-electron chi connectivity index (χ2n) is 6.20. The summed E-state index contributed by atoms with van der Waals surface area (Å²) in [7, 11) is 0. The molecule has 2 unspecified atom stereocenters. The summed E-state index contributed by atoms with van der Waals surface area (Å²) >= 11 is 1.37. The molecule has 0 bridgehead atoms. The first-order valence-electron chi connectivity index (χ1n) is 8.23. The lowest BCUT2D eigenvalue weighted by Gasteiger charge is -2.37. The lowest BCUT2D eigenvalue weighted by atomic mass is 9.98. The van der Waals surface area contributed by atoms with Crippen molar-refractivity contribution in [1.29, 1.82) is 0 Å². The minimum Gasteiger partial charge on any atom is -0.391 e. The SMILES string of the molecule is CC(O)C1CCCCN1C(=O)c1csc(Cc2ccccc2F)n1. The van der Waals surface area contributed by atoms with Gasteiger partial charge in [0.2, 0.25) is 0 Å². The summed E-state index contributed by atoms with van der Waals surface area (Å²) in [6, 6.07) is 6.45. The van der Waals surface area contributed by atoms with Crippen molar-refractivity contribution in [3.05, 3.63) is 51.7 Å². The van der Waals surface area contributed by atoms with Crippen LogP contribution in [0.3, 0.4) is 0 Å². The highest BCUT2D eigenvalue weighted by Gasteiger charge is 2.31. The Morgan fingerprint density at radius 2 is 2.25 bits per heavy atom. The summed E-state index contributed by atoms with van der Waals surface area (Å²) in [6.07, 6.45) is 2.61. The van der Waals surface area contributed by atoms with Crippen LogP contribution in [0.2, 0.25) is 0 Å². The quantitative estimate of drug-likeness (QED) is 0.923. The number of likely N-dealkylation sites (tertiary alicyclic amines) is 1. The molecule has 1 amide bonds. The average Bonchev–Trinajstić information content (AvgIpc) is 3.05. The van der Waals surface area contributed by atoms with Gasteiger partial charge in [0.15, 0.2) is 0 Å². The van der Waals surface area contributed by atoms with Crippen LogP contribution in [0, 0.1) is 5.82 Å². The summed E-state index contributed by atoms with van der Waals surface area (Å²) in [6.45, 7) is 2.37. The van der Waals surface area contributed by atoms with Gasteiger partial charge in [-0.05, 0) is 37.8 Å². The molecule has 0 spiro atoms. The largest absolute Gasteiger partial charge is 0.391 e. The van der Waals surface area contributed by atoms with Crippen molar-refractivity contribution in [1.82, 2.24) is 9.88 Å². The molecule has 3 rings (SSSR count). The number of hydrogen-bond acceptors (Lipinski definition) is 4. The Kier molecular flexibility index (Phi) is 5.26. The van der Waals surface area contributed by atoms with Crippen molar-refractivity contribution in [2.75, 3.05) is 6.54 Å². The van der Waals surface area contributed by atoms with Crippen LogP contribution in [-0.2, 0) is 6.42 Å². The highest BCUT2D eigenvalue weighted by atomic mass is 32.1. The van der Waals surface area contributed by atoms with Gasteiger partial charge in [-0.25, -0.2) is 9.37 Å². The van der Waals surface area contributed by atoms with Gasteiger partial charge < -0.3 is 10.0 Å². The lowest BCUT2D eigenvalue weighted by Crippen LogP contribution is -2.49. The van der Waals surface area contributed by atoms with Crippen molar-refractivity contribution >= 4 is 17.2 Å². The zero-order chi connectivity index (χ0) is 17.1. The maximum Gasteiger partial charge on any atom is 0.273 e. The van der Waals surface area contributed by atoms with Gasteiger partial charge >= 0.3 is 0 Å². The van der Waals surface area contributed by atoms with Gasteiger partial charge in [0.05, 0.1) is 17.2 Å². The van der Waals surface area contributed by atoms with Gasteiger partial charge in [-0.3, -0.25) is 4.79 Å². The van der Waals surface area contributed by atoms with Crippen LogP contribution >= 0.6 is 11.3 Å². The monoisotopic (exact) mass is 348 g/mol. The van der Waals surface area contributed by atoms with E-state index >= 15 is 0 Å². The molecule has 1 aromatic carbocycles. The Labute approximate surface area is 145 Å². The highest BCUT2D eigenvalue weighted by Crippen LogP contribution is 2.24. The normalized spacial score (nSPS) is 19.3. The fourth-order valence-electron chi connectivity index (χ4n) is 3.15. The standard InChI is InChI=1S/C18H21FN2O2S/c1-12(22)16-8-4-5-9-21(16)18(23)15-11-24-17(20-15)10-13-6-2-3-7-14(13)19/h2-3,6-7,11-12,16,22H,4-5,8-10H2,1H3. The molecule has 4 nitrogen and oxygen atoms in total. The molecule has 6 heteroatoms. The Hall–Kier alpha value is -1.79. The smallest absolute Gasteiger partial charge is 0.273 e. The van der Waals surface area contributed by atoms with E-state index in [1.54, 1.807) is 35.4 Å². The minimum absolute atomic E-state index is 0.142. The molecule has 2 aromatic rings. The highest BCUT2D eigenvalue weighted by molar-refractivity contribution is 7.09. The van der Waals surface area contributed by atoms with Crippen LogP contribution in [-0.4, -0.2) is 39.6 Å². The van der Waals surface area contributed by atoms with Gasteiger partial charge in [-0.1, -0.05) is 18.2 Å². The Bertz CT molecular complexity index is 717. The van der Waals surface area contributed by atoms with Crippen molar-refractivity contribution in [3.63, 3.8) is 0 Å². The molecule has 1 aromatic heterocycles. The first kappa shape index (κ1) is 17.0. The van der Waals surface area contributed by atoms with Gasteiger partial charge in [0.1, 0.15) is 11.5 Å². The van der Waals surface area contributed by atoms with E-state index in [0.29, 0.717) is 29.2 Å². The Morgan fingerprint density at radius 1 is 1.46 bits per heavy atom. The van der Waals surface area contributed by atoms with E-state index in [2.05, 4.69) is 4.98 Å². The lowest BCUT2D eigenvalue weighted by molar-refractivity contribution is 0.0277. The van der Waals surface area contributed by atoms with Crippen molar-refractivity contribution < 1.29 is 14.3 Å². The molecule has 1 N–H and O–H groups in total. The maximum atomic E-state index is 13.7. The van der Waals surface area contributed by atoms with Crippen LogP contribution in [0.1, 0.15) is 47.2 Å². The van der Waals surface area contributed by atoms with Crippen LogP contribution in [0.25, 0.3) is 0 Å². The van der Waals surface area contributed by atoms with Gasteiger partial charge in [0.25, 0.3) is 5.91 Å². The number of carbonyl (C=O) groups is 1. The number of rotatable bonds is 4. The number of hydrogen-bond donors (Lipinski definition) is 1. The first-order chi connectivity index (χ1) is 11.6. The first-order valence-corrected chi connectivity index (χ1v) is 9.11. The van der Waals surface area contributed by atoms with E-state index in [-0.39, 0.29) is 17.8 Å². The summed E-state index contributed by atoms with van der Waals surface area (Å²) in [5, 5.41) is 12.4. The number of aliphatic hydroxyl groups is 1. The van der Waals surface area contributed by atoms with E-state index in [4.69, 9.17) is 0 Å². The van der Waals surface area contributed by atoms with Crippen molar-refractivity contribution in [2.24, 2.45) is 0 Å². The summed E-state index contributed by atoms with van der Waals surface area (Å²) < 4.78 is 13.7. The summed E-state index contributed by atoms with van der Waals surface area (Å²) in [5.41, 5.74) is 0.963. The number of carbonyl (C=O) groups excluding carboxylic acids is 1. The molecule has 2 heterocycles. The molecule has 1 aliphatic heterocycles. The van der Waals surface area contributed by atoms with Crippen LogP contribution in [0.5, 0.6) is 0 Å². The summed E-state index contributed by atoms with van der Waals surface area (Å²) in [5.74, 6) is -0.401. The third-order valence-corrected chi connectivity index (χ3v) is 5.29. The van der Waals surface area contributed by atoms with Crippen molar-refractivity contribution in [3.8, 4) is 0 Å². The Balaban J connectivity index is 1.75. The predicted octanol–water partition coefficient (Wildman–Crippen LogP) is 3.25. The Morgan fingerprint density at radius 3 is 3.00 bits per heavy atom. The minimum atomic E-state index is -0.550. The number of thiazole rings is 1. The number of aromatic nitrogens is 1. The van der Waals surface area contributed by atoms with Gasteiger partial charge in [-0.15, -0.1) is 11.3 Å². The van der Waals surface area contributed by atoms with Crippen LogP contribution in [0.15, 0.2) is 29.6 Å². The van der Waals surface area contributed by atoms with Crippen LogP contribution in [0.4, 0.5) is 4.39 Å². The van der Waals surface area contributed by atoms with Gasteiger partial charge in [-0.2, -0.15) is 0 Å². The molecule has 128 valence electrons. The molecular weight excluding hydrogens is 327 g/mol. The molecular formula is C18H21FN2O2S. The predicted molar refractivity (Wildman–Crippen MR) is 91.7 cm³/mol. The second kappa shape index (κ2) is 7.40. The zero-order valence-corrected chi connectivity index (χ0v) is 14.4. The molecule has 0 radical (unpaired) electrons. The van der Waals surface area contributed by atoms with Crippen molar-refractivity contribution in [2.45, 2.75) is 44.8 Å². The second-order valence-corrected chi connectivity index (χ2v) is 7.14. The van der Waals surface area contributed by atoms with E-state index < -0.39 is 6.10 Å². The molecule has 2 atom stereocenters. The molecule has 0 saturated carbocycles. The molecule has 1 saturated heterocycles. The van der Waals surface area contributed by atoms with Gasteiger partial charge in [0, 0.05) is 18.3 Å². The van der Waals surface area contributed by atoms with E-state index in [1.807, 2.05) is 0 Å². The molecule has 0 aliphatic carbocycles. The number of piperidine rings is 1. The van der Waals surface area contributed by atoms with E-state index in [0.717, 1.165) is 19.3 Å². The zero-order valence-electron chi connectivity index (χ0n) is 13.6. The maximum absolute atomic E-state index is 13.7. The number of halogens is 1. The number of benzene rings is 1. The number of amides is 1. The summed E-state index contributed by atoms with van der Waals surface area (Å²) in [4.78, 5) is 18.9. The van der Waals surface area contributed by atoms with E-state index in [1.165, 1.54) is 17.4 Å². The topological polar surface area (TPSA) is 53.4 Å².